The number of hydrogen-bond acceptors (Lipinski definition) is 2. The van der Waals surface area contributed by atoms with Gasteiger partial charge in [-0.1, -0.05) is 48.0 Å². The standard InChI is InChI=1S/C25H20ClFN2O/c1-16-7-8-17(2)24(11-16)29-25(30)21(15-28)13-20-14-22(26)10-9-18(20)12-19-5-3-4-6-23(19)27/h3-11,13-14H,12H2,1-2H3,(H,29,30)/b21-13+. The van der Waals surface area contributed by atoms with Gasteiger partial charge < -0.3 is 5.32 Å². The normalized spacial score (nSPS) is 11.1. The van der Waals surface area contributed by atoms with E-state index >= 15 is 0 Å². The monoisotopic (exact) mass is 418 g/mol. The smallest absolute Gasteiger partial charge is 0.266 e. The van der Waals surface area contributed by atoms with Crippen LogP contribution in [0, 0.1) is 31.0 Å². The Bertz CT molecular complexity index is 1180. The number of nitrogens with zero attached hydrogens (tertiary/aromatic N) is 1. The summed E-state index contributed by atoms with van der Waals surface area (Å²) < 4.78 is 14.1. The lowest BCUT2D eigenvalue weighted by atomic mass is 9.98. The molecule has 0 heterocycles. The highest BCUT2D eigenvalue weighted by Gasteiger charge is 2.13. The zero-order valence-electron chi connectivity index (χ0n) is 16.7. The van der Waals surface area contributed by atoms with E-state index in [2.05, 4.69) is 5.32 Å². The molecule has 30 heavy (non-hydrogen) atoms. The van der Waals surface area contributed by atoms with Gasteiger partial charge in [-0.2, -0.15) is 5.26 Å². The van der Waals surface area contributed by atoms with Crippen molar-refractivity contribution < 1.29 is 9.18 Å². The number of halogens is 2. The summed E-state index contributed by atoms with van der Waals surface area (Å²) in [7, 11) is 0. The molecule has 0 aliphatic rings. The van der Waals surface area contributed by atoms with Crippen LogP contribution in [0.3, 0.4) is 0 Å². The van der Waals surface area contributed by atoms with Gasteiger partial charge in [0.15, 0.2) is 0 Å². The van der Waals surface area contributed by atoms with Crippen LogP contribution in [0.2, 0.25) is 5.02 Å². The van der Waals surface area contributed by atoms with Gasteiger partial charge in [-0.05, 0) is 72.0 Å². The molecule has 0 saturated carbocycles. The molecule has 0 atom stereocenters. The zero-order chi connectivity index (χ0) is 21.7. The van der Waals surface area contributed by atoms with Crippen molar-refractivity contribution >= 4 is 29.3 Å². The molecule has 3 aromatic rings. The summed E-state index contributed by atoms with van der Waals surface area (Å²) in [5, 5.41) is 12.8. The molecular weight excluding hydrogens is 399 g/mol. The van der Waals surface area contributed by atoms with E-state index in [1.807, 2.05) is 38.1 Å². The molecule has 0 saturated heterocycles. The molecular formula is C25H20ClFN2O. The van der Waals surface area contributed by atoms with Gasteiger partial charge in [-0.15, -0.1) is 0 Å². The van der Waals surface area contributed by atoms with E-state index < -0.39 is 5.91 Å². The molecule has 3 rings (SSSR count). The number of carbonyl (C=O) groups excluding carboxylic acids is 1. The molecule has 5 heteroatoms. The van der Waals surface area contributed by atoms with Gasteiger partial charge in [-0.3, -0.25) is 4.79 Å². The first kappa shape index (κ1) is 21.3. The van der Waals surface area contributed by atoms with Crippen molar-refractivity contribution in [2.75, 3.05) is 5.32 Å². The number of anilines is 1. The van der Waals surface area contributed by atoms with Crippen molar-refractivity contribution in [2.45, 2.75) is 20.3 Å². The molecule has 1 N–H and O–H groups in total. The Morgan fingerprint density at radius 1 is 1.10 bits per heavy atom. The largest absolute Gasteiger partial charge is 0.321 e. The molecule has 3 aromatic carbocycles. The van der Waals surface area contributed by atoms with Crippen molar-refractivity contribution in [1.29, 1.82) is 5.26 Å². The number of nitrogens with one attached hydrogen (secondary N) is 1. The molecule has 0 fully saturated rings. The van der Waals surface area contributed by atoms with Crippen molar-refractivity contribution in [2.24, 2.45) is 0 Å². The van der Waals surface area contributed by atoms with E-state index in [9.17, 15) is 14.4 Å². The third kappa shape index (κ3) is 5.14. The number of rotatable bonds is 5. The number of benzene rings is 3. The van der Waals surface area contributed by atoms with Crippen molar-refractivity contribution in [3.8, 4) is 6.07 Å². The van der Waals surface area contributed by atoms with Gasteiger partial charge >= 0.3 is 0 Å². The third-order valence-electron chi connectivity index (χ3n) is 4.75. The molecule has 0 radical (unpaired) electrons. The molecule has 0 spiro atoms. The topological polar surface area (TPSA) is 52.9 Å². The van der Waals surface area contributed by atoms with Gasteiger partial charge in [-0.25, -0.2) is 4.39 Å². The van der Waals surface area contributed by atoms with Crippen LogP contribution in [0.4, 0.5) is 10.1 Å². The summed E-state index contributed by atoms with van der Waals surface area (Å²) in [5.41, 5.74) is 4.37. The number of hydrogen-bond donors (Lipinski definition) is 1. The van der Waals surface area contributed by atoms with Crippen LogP contribution in [0.1, 0.15) is 27.8 Å². The Morgan fingerprint density at radius 3 is 2.60 bits per heavy atom. The molecule has 0 aromatic heterocycles. The van der Waals surface area contributed by atoms with Crippen molar-refractivity contribution in [3.63, 3.8) is 0 Å². The van der Waals surface area contributed by atoms with Crippen LogP contribution in [0.25, 0.3) is 6.08 Å². The molecule has 1 amide bonds. The van der Waals surface area contributed by atoms with Gasteiger partial charge in [0.1, 0.15) is 17.5 Å². The summed E-state index contributed by atoms with van der Waals surface area (Å²) in [6.07, 6.45) is 1.80. The first-order chi connectivity index (χ1) is 14.4. The Labute approximate surface area is 180 Å². The highest BCUT2D eigenvalue weighted by Crippen LogP contribution is 2.24. The van der Waals surface area contributed by atoms with Crippen molar-refractivity contribution in [3.05, 3.63) is 105 Å². The summed E-state index contributed by atoms with van der Waals surface area (Å²) >= 11 is 6.14. The second-order valence-electron chi connectivity index (χ2n) is 7.05. The number of nitriles is 1. The number of carbonyl (C=O) groups is 1. The fraction of sp³-hybridized carbons (Fsp3) is 0.120. The molecule has 0 aliphatic carbocycles. The fourth-order valence-electron chi connectivity index (χ4n) is 3.07. The second kappa shape index (κ2) is 9.39. The van der Waals surface area contributed by atoms with Crippen LogP contribution >= 0.6 is 11.6 Å². The van der Waals surface area contributed by atoms with Crippen LogP contribution in [0.15, 0.2) is 66.2 Å². The molecule has 0 unspecified atom stereocenters. The summed E-state index contributed by atoms with van der Waals surface area (Å²) in [5.74, 6) is -0.821. The van der Waals surface area contributed by atoms with E-state index in [1.54, 1.807) is 36.4 Å². The third-order valence-corrected chi connectivity index (χ3v) is 4.99. The zero-order valence-corrected chi connectivity index (χ0v) is 17.4. The Kier molecular flexibility index (Phi) is 6.66. The van der Waals surface area contributed by atoms with E-state index in [0.717, 1.165) is 16.7 Å². The highest BCUT2D eigenvalue weighted by molar-refractivity contribution is 6.30. The van der Waals surface area contributed by atoms with Gasteiger partial charge in [0.05, 0.1) is 0 Å². The summed E-state index contributed by atoms with van der Waals surface area (Å²) in [4.78, 5) is 12.7. The SMILES string of the molecule is Cc1ccc(C)c(NC(=O)/C(C#N)=C/c2cc(Cl)ccc2Cc2ccccc2F)c1. The van der Waals surface area contributed by atoms with Crippen LogP contribution in [0.5, 0.6) is 0 Å². The van der Waals surface area contributed by atoms with Gasteiger partial charge in [0, 0.05) is 17.1 Å². The average Bonchev–Trinajstić information content (AvgIpc) is 2.72. The predicted octanol–water partition coefficient (Wildman–Crippen LogP) is 6.23. The van der Waals surface area contributed by atoms with Crippen LogP contribution in [-0.2, 0) is 11.2 Å². The van der Waals surface area contributed by atoms with Gasteiger partial charge in [0.25, 0.3) is 5.91 Å². The van der Waals surface area contributed by atoms with E-state index in [1.165, 1.54) is 12.1 Å². The maximum Gasteiger partial charge on any atom is 0.266 e. The lowest BCUT2D eigenvalue weighted by Crippen LogP contribution is -2.14. The molecule has 3 nitrogen and oxygen atoms in total. The molecule has 150 valence electrons. The Balaban J connectivity index is 1.94. The molecule has 0 bridgehead atoms. The fourth-order valence-corrected chi connectivity index (χ4v) is 3.25. The lowest BCUT2D eigenvalue weighted by molar-refractivity contribution is -0.112. The number of aryl methyl sites for hydroxylation is 2. The maximum absolute atomic E-state index is 14.1. The van der Waals surface area contributed by atoms with E-state index in [0.29, 0.717) is 28.3 Å². The number of amides is 1. The highest BCUT2D eigenvalue weighted by atomic mass is 35.5. The van der Waals surface area contributed by atoms with E-state index in [4.69, 9.17) is 11.6 Å². The minimum Gasteiger partial charge on any atom is -0.321 e. The lowest BCUT2D eigenvalue weighted by Gasteiger charge is -2.11. The first-order valence-corrected chi connectivity index (χ1v) is 9.77. The van der Waals surface area contributed by atoms with E-state index in [-0.39, 0.29) is 11.4 Å². The Morgan fingerprint density at radius 2 is 1.87 bits per heavy atom. The first-order valence-electron chi connectivity index (χ1n) is 9.39. The molecule has 0 aliphatic heterocycles. The predicted molar refractivity (Wildman–Crippen MR) is 119 cm³/mol. The Hall–Kier alpha value is -3.42. The maximum atomic E-state index is 14.1. The van der Waals surface area contributed by atoms with Gasteiger partial charge in [0.2, 0.25) is 0 Å². The van der Waals surface area contributed by atoms with Crippen LogP contribution in [-0.4, -0.2) is 5.91 Å². The summed E-state index contributed by atoms with van der Waals surface area (Å²) in [6, 6.07) is 19.3. The van der Waals surface area contributed by atoms with Crippen molar-refractivity contribution in [1.82, 2.24) is 0 Å². The summed E-state index contributed by atoms with van der Waals surface area (Å²) in [6.45, 7) is 3.81. The second-order valence-corrected chi connectivity index (χ2v) is 7.49. The average molecular weight is 419 g/mol. The minimum atomic E-state index is -0.511. The van der Waals surface area contributed by atoms with Crippen LogP contribution < -0.4 is 5.32 Å². The quantitative estimate of drug-likeness (QED) is 0.394. The minimum absolute atomic E-state index is 0.0621.